The molecule has 1 atom stereocenters. The zero-order valence-corrected chi connectivity index (χ0v) is 13.2. The summed E-state index contributed by atoms with van der Waals surface area (Å²) in [4.78, 5) is 13.7. The minimum Gasteiger partial charge on any atom is -0.388 e. The second-order valence-corrected chi connectivity index (χ2v) is 6.61. The number of β-amino-alcohol motifs (C(OH)–C–C–N with tert-alkyl or cyclic N) is 1. The van der Waals surface area contributed by atoms with Gasteiger partial charge in [-0.2, -0.15) is 5.26 Å². The van der Waals surface area contributed by atoms with Crippen LogP contribution in [0.4, 0.5) is 5.69 Å². The quantitative estimate of drug-likeness (QED) is 0.717. The number of nitrogens with one attached hydrogen (secondary N) is 1. The molecule has 116 valence electrons. The van der Waals surface area contributed by atoms with E-state index in [9.17, 15) is 5.11 Å². The highest BCUT2D eigenvalue weighted by molar-refractivity contribution is 6.35. The number of aromatic amines is 1. The Morgan fingerprint density at radius 1 is 1.43 bits per heavy atom. The van der Waals surface area contributed by atoms with Gasteiger partial charge in [-0.3, -0.25) is 0 Å². The SMILES string of the molecule is CC1(O)CCN(c2c(Cl)cnc3[nH]c4cnc(C#N)cc4c23)C1. The Balaban J connectivity index is 2.02. The number of anilines is 1. The maximum absolute atomic E-state index is 10.3. The van der Waals surface area contributed by atoms with Crippen molar-refractivity contribution in [3.63, 3.8) is 0 Å². The smallest absolute Gasteiger partial charge is 0.141 e. The lowest BCUT2D eigenvalue weighted by Crippen LogP contribution is -2.29. The van der Waals surface area contributed by atoms with Crippen LogP contribution >= 0.6 is 11.6 Å². The molecular formula is C16H14ClN5O. The van der Waals surface area contributed by atoms with Gasteiger partial charge in [-0.15, -0.1) is 0 Å². The van der Waals surface area contributed by atoms with E-state index in [1.165, 1.54) is 0 Å². The number of halogens is 1. The summed E-state index contributed by atoms with van der Waals surface area (Å²) < 4.78 is 0. The number of nitriles is 1. The van der Waals surface area contributed by atoms with Gasteiger partial charge in [0, 0.05) is 18.5 Å². The van der Waals surface area contributed by atoms with Crippen molar-refractivity contribution in [2.45, 2.75) is 18.9 Å². The molecule has 0 aromatic carbocycles. The second-order valence-electron chi connectivity index (χ2n) is 6.20. The van der Waals surface area contributed by atoms with E-state index >= 15 is 0 Å². The predicted octanol–water partition coefficient (Wildman–Crippen LogP) is 2.60. The zero-order valence-electron chi connectivity index (χ0n) is 12.5. The molecule has 0 bridgehead atoms. The molecule has 0 spiro atoms. The van der Waals surface area contributed by atoms with Gasteiger partial charge in [0.1, 0.15) is 17.4 Å². The van der Waals surface area contributed by atoms with Crippen LogP contribution in [0.1, 0.15) is 19.0 Å². The molecule has 1 saturated heterocycles. The normalized spacial score (nSPS) is 21.2. The molecule has 0 radical (unpaired) electrons. The van der Waals surface area contributed by atoms with Crippen molar-refractivity contribution in [1.29, 1.82) is 5.26 Å². The first kappa shape index (κ1) is 14.2. The molecule has 7 heteroatoms. The lowest BCUT2D eigenvalue weighted by atomic mass is 10.1. The predicted molar refractivity (Wildman–Crippen MR) is 88.6 cm³/mol. The Kier molecular flexibility index (Phi) is 2.98. The Hall–Kier alpha value is -2.36. The highest BCUT2D eigenvalue weighted by Gasteiger charge is 2.33. The van der Waals surface area contributed by atoms with Crippen molar-refractivity contribution < 1.29 is 5.11 Å². The van der Waals surface area contributed by atoms with Gasteiger partial charge in [0.25, 0.3) is 0 Å². The van der Waals surface area contributed by atoms with Crippen molar-refractivity contribution in [1.82, 2.24) is 15.0 Å². The molecule has 6 nitrogen and oxygen atoms in total. The molecule has 4 heterocycles. The van der Waals surface area contributed by atoms with Gasteiger partial charge >= 0.3 is 0 Å². The highest BCUT2D eigenvalue weighted by atomic mass is 35.5. The number of hydrogen-bond donors (Lipinski definition) is 2. The van der Waals surface area contributed by atoms with Crippen LogP contribution in [0.2, 0.25) is 5.02 Å². The Labute approximate surface area is 137 Å². The van der Waals surface area contributed by atoms with E-state index in [0.29, 0.717) is 35.9 Å². The van der Waals surface area contributed by atoms with Crippen LogP contribution in [0.3, 0.4) is 0 Å². The number of aliphatic hydroxyl groups is 1. The topological polar surface area (TPSA) is 88.8 Å². The van der Waals surface area contributed by atoms with E-state index in [2.05, 4.69) is 25.9 Å². The first-order chi connectivity index (χ1) is 11.0. The number of pyridine rings is 2. The number of H-pyrrole nitrogens is 1. The maximum atomic E-state index is 10.3. The van der Waals surface area contributed by atoms with Crippen molar-refractivity contribution in [3.8, 4) is 6.07 Å². The molecule has 1 aliphatic heterocycles. The molecule has 0 aliphatic carbocycles. The summed E-state index contributed by atoms with van der Waals surface area (Å²) in [7, 11) is 0. The monoisotopic (exact) mass is 327 g/mol. The molecule has 23 heavy (non-hydrogen) atoms. The third-order valence-corrected chi connectivity index (χ3v) is 4.59. The van der Waals surface area contributed by atoms with Crippen molar-refractivity contribution in [3.05, 3.63) is 29.2 Å². The van der Waals surface area contributed by atoms with Gasteiger partial charge in [-0.05, 0) is 19.4 Å². The van der Waals surface area contributed by atoms with Crippen LogP contribution in [0.5, 0.6) is 0 Å². The van der Waals surface area contributed by atoms with Crippen molar-refractivity contribution in [2.24, 2.45) is 0 Å². The lowest BCUT2D eigenvalue weighted by Gasteiger charge is -2.22. The van der Waals surface area contributed by atoms with Crippen molar-refractivity contribution in [2.75, 3.05) is 18.0 Å². The number of nitrogens with zero attached hydrogens (tertiary/aromatic N) is 4. The summed E-state index contributed by atoms with van der Waals surface area (Å²) in [6, 6.07) is 3.80. The van der Waals surface area contributed by atoms with Crippen LogP contribution in [0.15, 0.2) is 18.5 Å². The molecule has 3 aromatic rings. The Bertz CT molecular complexity index is 972. The second kappa shape index (κ2) is 4.82. The maximum Gasteiger partial charge on any atom is 0.141 e. The van der Waals surface area contributed by atoms with Crippen LogP contribution in [-0.2, 0) is 0 Å². The molecule has 4 rings (SSSR count). The van der Waals surface area contributed by atoms with E-state index in [-0.39, 0.29) is 0 Å². The molecule has 1 aliphatic rings. The largest absolute Gasteiger partial charge is 0.388 e. The summed E-state index contributed by atoms with van der Waals surface area (Å²) >= 11 is 6.43. The highest BCUT2D eigenvalue weighted by Crippen LogP contribution is 2.40. The number of rotatable bonds is 1. The fraction of sp³-hybridized carbons (Fsp3) is 0.312. The Morgan fingerprint density at radius 2 is 2.26 bits per heavy atom. The number of aromatic nitrogens is 3. The van der Waals surface area contributed by atoms with Crippen LogP contribution in [0, 0.1) is 11.3 Å². The van der Waals surface area contributed by atoms with Gasteiger partial charge in [-0.1, -0.05) is 11.6 Å². The first-order valence-electron chi connectivity index (χ1n) is 7.32. The third-order valence-electron chi connectivity index (χ3n) is 4.32. The molecule has 3 aromatic heterocycles. The zero-order chi connectivity index (χ0) is 16.2. The Morgan fingerprint density at radius 3 is 2.96 bits per heavy atom. The molecule has 0 amide bonds. The molecular weight excluding hydrogens is 314 g/mol. The average Bonchev–Trinajstić information content (AvgIpc) is 3.06. The summed E-state index contributed by atoms with van der Waals surface area (Å²) in [6.45, 7) is 3.05. The van der Waals surface area contributed by atoms with Gasteiger partial charge in [-0.25, -0.2) is 9.97 Å². The van der Waals surface area contributed by atoms with Gasteiger partial charge < -0.3 is 15.0 Å². The average molecular weight is 328 g/mol. The summed E-state index contributed by atoms with van der Waals surface area (Å²) in [6.07, 6.45) is 3.92. The summed E-state index contributed by atoms with van der Waals surface area (Å²) in [5.74, 6) is 0. The molecule has 0 saturated carbocycles. The van der Waals surface area contributed by atoms with Crippen molar-refractivity contribution >= 4 is 39.2 Å². The number of hydrogen-bond acceptors (Lipinski definition) is 5. The minimum absolute atomic E-state index is 0.345. The summed E-state index contributed by atoms with van der Waals surface area (Å²) in [5, 5.41) is 21.6. The van der Waals surface area contributed by atoms with E-state index in [0.717, 1.165) is 22.0 Å². The number of fused-ring (bicyclic) bond motifs is 3. The summed E-state index contributed by atoms with van der Waals surface area (Å²) in [5.41, 5.74) is 1.96. The molecule has 2 N–H and O–H groups in total. The lowest BCUT2D eigenvalue weighted by molar-refractivity contribution is 0.0839. The van der Waals surface area contributed by atoms with Gasteiger partial charge in [0.2, 0.25) is 0 Å². The molecule has 1 unspecified atom stereocenters. The van der Waals surface area contributed by atoms with Crippen LogP contribution in [-0.4, -0.2) is 38.7 Å². The van der Waals surface area contributed by atoms with Gasteiger partial charge in [0.05, 0.1) is 39.6 Å². The van der Waals surface area contributed by atoms with E-state index in [1.807, 2.05) is 6.92 Å². The fourth-order valence-corrected chi connectivity index (χ4v) is 3.49. The third kappa shape index (κ3) is 2.21. The van der Waals surface area contributed by atoms with Crippen LogP contribution in [0.25, 0.3) is 21.9 Å². The standard InChI is InChI=1S/C16H14ClN5O/c1-16(23)2-3-22(8-16)14-11(17)6-20-15-13(14)10-4-9(5-18)19-7-12(10)21-15/h4,6-7,23H,2-3,8H2,1H3,(H,20,21). The van der Waals surface area contributed by atoms with Crippen LogP contribution < -0.4 is 4.90 Å². The van der Waals surface area contributed by atoms with E-state index in [1.54, 1.807) is 18.5 Å². The fourth-order valence-electron chi connectivity index (χ4n) is 3.22. The van der Waals surface area contributed by atoms with E-state index < -0.39 is 5.60 Å². The minimum atomic E-state index is -0.732. The first-order valence-corrected chi connectivity index (χ1v) is 7.70. The molecule has 1 fully saturated rings. The van der Waals surface area contributed by atoms with Gasteiger partial charge in [0.15, 0.2) is 0 Å². The van der Waals surface area contributed by atoms with E-state index in [4.69, 9.17) is 16.9 Å².